The first kappa shape index (κ1) is 12.0. The molecule has 0 saturated heterocycles. The summed E-state index contributed by atoms with van der Waals surface area (Å²) < 4.78 is 5.40. The van der Waals surface area contributed by atoms with Gasteiger partial charge in [0, 0.05) is 12.7 Å². The number of nitrogens with one attached hydrogen (secondary N) is 1. The fourth-order valence-corrected chi connectivity index (χ4v) is 1.91. The molecule has 0 spiro atoms. The van der Waals surface area contributed by atoms with Gasteiger partial charge in [-0.2, -0.15) is 0 Å². The van der Waals surface area contributed by atoms with Crippen LogP contribution in [0.5, 0.6) is 0 Å². The van der Waals surface area contributed by atoms with E-state index >= 15 is 0 Å². The van der Waals surface area contributed by atoms with Crippen molar-refractivity contribution >= 4 is 15.9 Å². The lowest BCUT2D eigenvalue weighted by molar-refractivity contribution is 0.177. The van der Waals surface area contributed by atoms with Gasteiger partial charge in [-0.15, -0.1) is 0 Å². The number of nitrogens with zero attached hydrogens (tertiary/aromatic N) is 1. The SMILES string of the molecule is COCc1nc(-c2ccccc2)c(Br)c(=O)[nH]1. The lowest BCUT2D eigenvalue weighted by Gasteiger charge is -2.06. The second-order valence-electron chi connectivity index (χ2n) is 3.47. The number of rotatable bonds is 3. The number of hydrogen-bond acceptors (Lipinski definition) is 3. The van der Waals surface area contributed by atoms with E-state index in [-0.39, 0.29) is 12.2 Å². The van der Waals surface area contributed by atoms with Crippen molar-refractivity contribution in [3.05, 3.63) is 51.0 Å². The summed E-state index contributed by atoms with van der Waals surface area (Å²) in [6.45, 7) is 0.280. The molecule has 1 aromatic heterocycles. The van der Waals surface area contributed by atoms with E-state index in [4.69, 9.17) is 4.74 Å². The summed E-state index contributed by atoms with van der Waals surface area (Å²) in [6.07, 6.45) is 0. The minimum absolute atomic E-state index is 0.203. The molecule has 5 heteroatoms. The van der Waals surface area contributed by atoms with Crippen molar-refractivity contribution in [2.75, 3.05) is 7.11 Å². The maximum Gasteiger partial charge on any atom is 0.265 e. The van der Waals surface area contributed by atoms with Gasteiger partial charge in [0.1, 0.15) is 16.9 Å². The summed E-state index contributed by atoms with van der Waals surface area (Å²) >= 11 is 3.26. The zero-order valence-electron chi connectivity index (χ0n) is 9.24. The first-order valence-electron chi connectivity index (χ1n) is 5.05. The van der Waals surface area contributed by atoms with Crippen molar-refractivity contribution in [2.45, 2.75) is 6.61 Å². The zero-order chi connectivity index (χ0) is 12.3. The fraction of sp³-hybridized carbons (Fsp3) is 0.167. The van der Waals surface area contributed by atoms with E-state index in [0.717, 1.165) is 5.56 Å². The molecule has 0 fully saturated rings. The molecule has 0 saturated carbocycles. The van der Waals surface area contributed by atoms with Crippen LogP contribution in [0.25, 0.3) is 11.3 Å². The molecule has 4 nitrogen and oxygen atoms in total. The van der Waals surface area contributed by atoms with Gasteiger partial charge in [0.15, 0.2) is 0 Å². The molecule has 0 atom stereocenters. The molecule has 0 aliphatic heterocycles. The van der Waals surface area contributed by atoms with Crippen LogP contribution < -0.4 is 5.56 Å². The highest BCUT2D eigenvalue weighted by Gasteiger charge is 2.10. The van der Waals surface area contributed by atoms with Crippen LogP contribution in [-0.2, 0) is 11.3 Å². The zero-order valence-corrected chi connectivity index (χ0v) is 10.8. The number of methoxy groups -OCH3 is 1. The standard InChI is InChI=1S/C12H11BrN2O2/c1-17-7-9-14-11(10(13)12(16)15-9)8-5-3-2-4-6-8/h2-6H,7H2,1H3,(H,14,15,16). The summed E-state index contributed by atoms with van der Waals surface area (Å²) in [5.41, 5.74) is 1.31. The fourth-order valence-electron chi connectivity index (χ4n) is 1.50. The van der Waals surface area contributed by atoms with Gasteiger partial charge in [-0.25, -0.2) is 4.98 Å². The molecule has 0 bridgehead atoms. The van der Waals surface area contributed by atoms with E-state index in [1.54, 1.807) is 7.11 Å². The van der Waals surface area contributed by atoms with Gasteiger partial charge < -0.3 is 9.72 Å². The topological polar surface area (TPSA) is 55.0 Å². The second-order valence-corrected chi connectivity index (χ2v) is 4.27. The van der Waals surface area contributed by atoms with E-state index in [2.05, 4.69) is 25.9 Å². The van der Waals surface area contributed by atoms with Crippen molar-refractivity contribution in [3.63, 3.8) is 0 Å². The van der Waals surface area contributed by atoms with Crippen LogP contribution in [0.2, 0.25) is 0 Å². The normalized spacial score (nSPS) is 10.5. The highest BCUT2D eigenvalue weighted by atomic mass is 79.9. The number of ether oxygens (including phenoxy) is 1. The smallest absolute Gasteiger partial charge is 0.265 e. The van der Waals surface area contributed by atoms with E-state index in [0.29, 0.717) is 16.0 Å². The van der Waals surface area contributed by atoms with Crippen molar-refractivity contribution < 1.29 is 4.74 Å². The second kappa shape index (κ2) is 5.25. The number of H-pyrrole nitrogens is 1. The van der Waals surface area contributed by atoms with Crippen molar-refractivity contribution in [1.29, 1.82) is 0 Å². The molecular formula is C12H11BrN2O2. The van der Waals surface area contributed by atoms with Gasteiger partial charge in [0.25, 0.3) is 5.56 Å². The largest absolute Gasteiger partial charge is 0.377 e. The van der Waals surface area contributed by atoms with Crippen LogP contribution in [0, 0.1) is 0 Å². The molecule has 0 aliphatic rings. The Bertz CT molecular complexity index is 566. The maximum absolute atomic E-state index is 11.7. The molecule has 1 aromatic carbocycles. The van der Waals surface area contributed by atoms with Crippen LogP contribution in [0.4, 0.5) is 0 Å². The maximum atomic E-state index is 11.7. The first-order chi connectivity index (χ1) is 8.22. The van der Waals surface area contributed by atoms with Crippen molar-refractivity contribution in [1.82, 2.24) is 9.97 Å². The minimum Gasteiger partial charge on any atom is -0.377 e. The van der Waals surface area contributed by atoms with Gasteiger partial charge in [0.2, 0.25) is 0 Å². The quantitative estimate of drug-likeness (QED) is 0.945. The van der Waals surface area contributed by atoms with Crippen molar-refractivity contribution in [3.8, 4) is 11.3 Å². The van der Waals surface area contributed by atoms with Crippen LogP contribution in [0.15, 0.2) is 39.6 Å². The summed E-state index contributed by atoms with van der Waals surface area (Å²) in [6, 6.07) is 9.54. The Morgan fingerprint density at radius 1 is 1.35 bits per heavy atom. The van der Waals surface area contributed by atoms with Crippen LogP contribution in [0.3, 0.4) is 0 Å². The Kier molecular flexibility index (Phi) is 3.71. The Morgan fingerprint density at radius 3 is 2.71 bits per heavy atom. The molecular weight excluding hydrogens is 284 g/mol. The first-order valence-corrected chi connectivity index (χ1v) is 5.84. The Morgan fingerprint density at radius 2 is 2.06 bits per heavy atom. The molecule has 2 rings (SSSR count). The predicted octanol–water partition coefficient (Wildman–Crippen LogP) is 2.35. The van der Waals surface area contributed by atoms with Crippen LogP contribution in [0.1, 0.15) is 5.82 Å². The third-order valence-electron chi connectivity index (χ3n) is 2.24. The minimum atomic E-state index is -0.203. The molecule has 1 N–H and O–H groups in total. The van der Waals surface area contributed by atoms with Gasteiger partial charge >= 0.3 is 0 Å². The molecule has 1 heterocycles. The number of aromatic amines is 1. The summed E-state index contributed by atoms with van der Waals surface area (Å²) in [5, 5.41) is 0. The molecule has 88 valence electrons. The lowest BCUT2D eigenvalue weighted by atomic mass is 10.1. The Labute approximate surface area is 107 Å². The van der Waals surface area contributed by atoms with E-state index in [9.17, 15) is 4.79 Å². The molecule has 0 amide bonds. The molecule has 0 aliphatic carbocycles. The lowest BCUT2D eigenvalue weighted by Crippen LogP contribution is -2.14. The molecule has 17 heavy (non-hydrogen) atoms. The highest BCUT2D eigenvalue weighted by Crippen LogP contribution is 2.22. The van der Waals surface area contributed by atoms with Crippen LogP contribution >= 0.6 is 15.9 Å². The monoisotopic (exact) mass is 294 g/mol. The average Bonchev–Trinajstić information content (AvgIpc) is 2.35. The molecule has 0 radical (unpaired) electrons. The Hall–Kier alpha value is -1.46. The number of aromatic nitrogens is 2. The van der Waals surface area contributed by atoms with Crippen molar-refractivity contribution in [2.24, 2.45) is 0 Å². The van der Waals surface area contributed by atoms with Gasteiger partial charge in [-0.3, -0.25) is 4.79 Å². The summed E-state index contributed by atoms with van der Waals surface area (Å²) in [4.78, 5) is 18.7. The third kappa shape index (κ3) is 2.62. The average molecular weight is 295 g/mol. The van der Waals surface area contributed by atoms with E-state index in [1.807, 2.05) is 30.3 Å². The summed E-state index contributed by atoms with van der Waals surface area (Å²) in [7, 11) is 1.56. The molecule has 0 unspecified atom stereocenters. The number of benzene rings is 1. The molecule has 2 aromatic rings. The summed E-state index contributed by atoms with van der Waals surface area (Å²) in [5.74, 6) is 0.513. The Balaban J connectivity index is 2.57. The van der Waals surface area contributed by atoms with E-state index in [1.165, 1.54) is 0 Å². The highest BCUT2D eigenvalue weighted by molar-refractivity contribution is 9.10. The van der Waals surface area contributed by atoms with E-state index < -0.39 is 0 Å². The van der Waals surface area contributed by atoms with Gasteiger partial charge in [-0.1, -0.05) is 30.3 Å². The predicted molar refractivity (Wildman–Crippen MR) is 68.7 cm³/mol. The van der Waals surface area contributed by atoms with Gasteiger partial charge in [0.05, 0.1) is 5.69 Å². The van der Waals surface area contributed by atoms with Gasteiger partial charge in [-0.05, 0) is 15.9 Å². The van der Waals surface area contributed by atoms with Crippen LogP contribution in [-0.4, -0.2) is 17.1 Å². The third-order valence-corrected chi connectivity index (χ3v) is 2.98. The number of halogens is 1. The number of hydrogen-bond donors (Lipinski definition) is 1.